The molecule has 7 nitrogen and oxygen atoms in total. The fourth-order valence-electron chi connectivity index (χ4n) is 2.92. The Morgan fingerprint density at radius 1 is 0.593 bits per heavy atom. The van der Waals surface area contributed by atoms with Gasteiger partial charge in [-0.1, -0.05) is 65.2 Å². The topological polar surface area (TPSA) is 135 Å². The first-order chi connectivity index (χ1) is 12.8. The number of ketones is 2. The molecule has 5 N–H and O–H groups in total. The van der Waals surface area contributed by atoms with Crippen LogP contribution in [0.25, 0.3) is 0 Å². The molecule has 0 radical (unpaired) electrons. The lowest BCUT2D eigenvalue weighted by Gasteiger charge is -2.28. The van der Waals surface area contributed by atoms with Crippen molar-refractivity contribution >= 4 is 11.6 Å². The molecular formula is C20H38O7. The lowest BCUT2D eigenvalue weighted by atomic mass is 9.93. The Hall–Kier alpha value is -0.860. The second-order valence-corrected chi connectivity index (χ2v) is 7.23. The molecule has 7 heteroatoms. The Bertz CT molecular complexity index is 413. The summed E-state index contributed by atoms with van der Waals surface area (Å²) in [6.07, 6.45) is 0.00153. The molecule has 0 spiro atoms. The number of carbonyl (C=O) groups excluding carboxylic acids is 2. The molecule has 1 unspecified atom stereocenters. The van der Waals surface area contributed by atoms with Crippen molar-refractivity contribution < 1.29 is 35.1 Å². The third-order valence-corrected chi connectivity index (χ3v) is 4.88. The molecular weight excluding hydrogens is 352 g/mol. The van der Waals surface area contributed by atoms with Gasteiger partial charge in [0.2, 0.25) is 0 Å². The Morgan fingerprint density at radius 2 is 1.00 bits per heavy atom. The SMILES string of the molecule is CCCCCCCCCCCC(=O)C(O)[C@@H](O)[C@@H](O)[C@H](O)[C@@H](O)C(=O)CC. The first kappa shape index (κ1) is 26.1. The zero-order chi connectivity index (χ0) is 20.8. The number of carbonyl (C=O) groups is 2. The highest BCUT2D eigenvalue weighted by atomic mass is 16.4. The molecule has 0 heterocycles. The Balaban J connectivity index is 4.12. The minimum Gasteiger partial charge on any atom is -0.387 e. The fourth-order valence-corrected chi connectivity index (χ4v) is 2.92. The average Bonchev–Trinajstić information content (AvgIpc) is 2.68. The summed E-state index contributed by atoms with van der Waals surface area (Å²) in [5.41, 5.74) is 0. The monoisotopic (exact) mass is 390 g/mol. The zero-order valence-electron chi connectivity index (χ0n) is 16.7. The van der Waals surface area contributed by atoms with E-state index in [-0.39, 0.29) is 12.8 Å². The van der Waals surface area contributed by atoms with E-state index in [0.29, 0.717) is 6.42 Å². The molecule has 0 saturated heterocycles. The molecule has 160 valence electrons. The van der Waals surface area contributed by atoms with Crippen LogP contribution in [-0.4, -0.2) is 67.6 Å². The Labute approximate surface area is 162 Å². The van der Waals surface area contributed by atoms with Gasteiger partial charge in [0.25, 0.3) is 0 Å². The molecule has 0 aliphatic heterocycles. The van der Waals surface area contributed by atoms with Gasteiger partial charge in [0.05, 0.1) is 0 Å². The van der Waals surface area contributed by atoms with Gasteiger partial charge in [-0.3, -0.25) is 9.59 Å². The standard InChI is InChI=1S/C20H38O7/c1-3-5-6-7-8-9-10-11-12-13-15(22)17(24)19(26)20(27)18(25)16(23)14(21)4-2/h16-20,23-27H,3-13H2,1-2H3/t16-,17?,18+,19+,20-/m0/s1. The summed E-state index contributed by atoms with van der Waals surface area (Å²) in [6, 6.07) is 0. The summed E-state index contributed by atoms with van der Waals surface area (Å²) in [6.45, 7) is 3.65. The highest BCUT2D eigenvalue weighted by molar-refractivity contribution is 5.84. The van der Waals surface area contributed by atoms with Crippen molar-refractivity contribution in [2.75, 3.05) is 0 Å². The maximum Gasteiger partial charge on any atom is 0.164 e. The van der Waals surface area contributed by atoms with E-state index in [9.17, 15) is 35.1 Å². The van der Waals surface area contributed by atoms with Crippen molar-refractivity contribution in [3.8, 4) is 0 Å². The second kappa shape index (κ2) is 15.1. The zero-order valence-corrected chi connectivity index (χ0v) is 16.7. The average molecular weight is 391 g/mol. The van der Waals surface area contributed by atoms with E-state index in [4.69, 9.17) is 0 Å². The molecule has 0 aromatic rings. The van der Waals surface area contributed by atoms with Gasteiger partial charge in [0.15, 0.2) is 11.6 Å². The van der Waals surface area contributed by atoms with Crippen LogP contribution in [0.15, 0.2) is 0 Å². The van der Waals surface area contributed by atoms with Crippen LogP contribution >= 0.6 is 0 Å². The van der Waals surface area contributed by atoms with Crippen molar-refractivity contribution in [1.82, 2.24) is 0 Å². The maximum atomic E-state index is 11.9. The largest absolute Gasteiger partial charge is 0.387 e. The molecule has 0 aromatic heterocycles. The number of Topliss-reactive ketones (excluding diaryl/α,β-unsaturated/α-hetero) is 2. The minimum absolute atomic E-state index is 0.0544. The van der Waals surface area contributed by atoms with Crippen molar-refractivity contribution in [2.45, 2.75) is 115 Å². The highest BCUT2D eigenvalue weighted by Crippen LogP contribution is 2.14. The van der Waals surface area contributed by atoms with E-state index in [1.54, 1.807) is 0 Å². The molecule has 0 aliphatic carbocycles. The second-order valence-electron chi connectivity index (χ2n) is 7.23. The predicted octanol–water partition coefficient (Wildman–Crippen LogP) is 1.26. The predicted molar refractivity (Wildman–Crippen MR) is 102 cm³/mol. The van der Waals surface area contributed by atoms with Gasteiger partial charge >= 0.3 is 0 Å². The van der Waals surface area contributed by atoms with Crippen molar-refractivity contribution in [3.05, 3.63) is 0 Å². The van der Waals surface area contributed by atoms with E-state index in [2.05, 4.69) is 6.92 Å². The lowest BCUT2D eigenvalue weighted by Crippen LogP contribution is -2.52. The summed E-state index contributed by atoms with van der Waals surface area (Å²) in [5, 5.41) is 48.9. The van der Waals surface area contributed by atoms with Gasteiger partial charge in [-0.2, -0.15) is 0 Å². The van der Waals surface area contributed by atoms with Crippen LogP contribution in [-0.2, 0) is 9.59 Å². The van der Waals surface area contributed by atoms with Crippen molar-refractivity contribution in [3.63, 3.8) is 0 Å². The van der Waals surface area contributed by atoms with Gasteiger partial charge in [0.1, 0.15) is 30.5 Å². The molecule has 0 amide bonds. The molecule has 0 rings (SSSR count). The molecule has 0 bridgehead atoms. The Kier molecular flexibility index (Phi) is 14.6. The van der Waals surface area contributed by atoms with E-state index < -0.39 is 42.1 Å². The number of hydrogen-bond donors (Lipinski definition) is 5. The fraction of sp³-hybridized carbons (Fsp3) is 0.900. The van der Waals surface area contributed by atoms with Gasteiger partial charge in [-0.15, -0.1) is 0 Å². The third-order valence-electron chi connectivity index (χ3n) is 4.88. The molecule has 0 fully saturated rings. The van der Waals surface area contributed by atoms with Crippen LogP contribution in [0.1, 0.15) is 84.5 Å². The van der Waals surface area contributed by atoms with Gasteiger partial charge in [0, 0.05) is 12.8 Å². The van der Waals surface area contributed by atoms with E-state index in [0.717, 1.165) is 19.3 Å². The van der Waals surface area contributed by atoms with Crippen LogP contribution in [0.3, 0.4) is 0 Å². The van der Waals surface area contributed by atoms with E-state index in [1.807, 2.05) is 0 Å². The first-order valence-electron chi connectivity index (χ1n) is 10.2. The normalized spacial score (nSPS) is 17.1. The third kappa shape index (κ3) is 10.3. The quantitative estimate of drug-likeness (QED) is 0.236. The number of unbranched alkanes of at least 4 members (excludes halogenated alkanes) is 8. The van der Waals surface area contributed by atoms with Gasteiger partial charge < -0.3 is 25.5 Å². The highest BCUT2D eigenvalue weighted by Gasteiger charge is 2.38. The summed E-state index contributed by atoms with van der Waals surface area (Å²) in [4.78, 5) is 23.3. The van der Waals surface area contributed by atoms with Gasteiger partial charge in [-0.05, 0) is 6.42 Å². The lowest BCUT2D eigenvalue weighted by molar-refractivity contribution is -0.158. The molecule has 0 aliphatic rings. The summed E-state index contributed by atoms with van der Waals surface area (Å²) >= 11 is 0. The summed E-state index contributed by atoms with van der Waals surface area (Å²) in [5.74, 6) is -1.34. The van der Waals surface area contributed by atoms with Crippen LogP contribution in [0.5, 0.6) is 0 Å². The molecule has 27 heavy (non-hydrogen) atoms. The van der Waals surface area contributed by atoms with Crippen molar-refractivity contribution in [1.29, 1.82) is 0 Å². The van der Waals surface area contributed by atoms with E-state index >= 15 is 0 Å². The molecule has 0 aromatic carbocycles. The van der Waals surface area contributed by atoms with Crippen LogP contribution in [0, 0.1) is 0 Å². The maximum absolute atomic E-state index is 11.9. The van der Waals surface area contributed by atoms with Crippen LogP contribution < -0.4 is 0 Å². The smallest absolute Gasteiger partial charge is 0.164 e. The van der Waals surface area contributed by atoms with Crippen LogP contribution in [0.4, 0.5) is 0 Å². The molecule has 5 atom stereocenters. The van der Waals surface area contributed by atoms with Crippen LogP contribution in [0.2, 0.25) is 0 Å². The van der Waals surface area contributed by atoms with E-state index in [1.165, 1.54) is 39.0 Å². The van der Waals surface area contributed by atoms with Crippen molar-refractivity contribution in [2.24, 2.45) is 0 Å². The number of aliphatic hydroxyl groups is 5. The number of aliphatic hydroxyl groups excluding tert-OH is 5. The number of rotatable bonds is 17. The first-order valence-corrected chi connectivity index (χ1v) is 10.2. The molecule has 0 saturated carbocycles. The Morgan fingerprint density at radius 3 is 1.44 bits per heavy atom. The summed E-state index contributed by atoms with van der Waals surface area (Å²) in [7, 11) is 0. The minimum atomic E-state index is -2.00. The summed E-state index contributed by atoms with van der Waals surface area (Å²) < 4.78 is 0. The van der Waals surface area contributed by atoms with Gasteiger partial charge in [-0.25, -0.2) is 0 Å². The number of hydrogen-bond acceptors (Lipinski definition) is 7.